The van der Waals surface area contributed by atoms with Crippen molar-refractivity contribution >= 4 is 44.4 Å². The monoisotopic (exact) mass is 467 g/mol. The minimum absolute atomic E-state index is 0. The summed E-state index contributed by atoms with van der Waals surface area (Å²) in [7, 11) is 0. The maximum Gasteiger partial charge on any atom is 1.00 e. The Bertz CT molecular complexity index is 1030. The first-order valence-electron chi connectivity index (χ1n) is 8.86. The van der Waals surface area contributed by atoms with Crippen LogP contribution in [0.1, 0.15) is 43.7 Å². The third-order valence-corrected chi connectivity index (χ3v) is 6.65. The van der Waals surface area contributed by atoms with E-state index < -0.39 is 10.7 Å². The van der Waals surface area contributed by atoms with E-state index in [1.807, 2.05) is 4.57 Å². The Kier molecular flexibility index (Phi) is 6.61. The van der Waals surface area contributed by atoms with Gasteiger partial charge in [-0.15, -0.1) is 10.2 Å². The van der Waals surface area contributed by atoms with E-state index in [2.05, 4.69) is 62.5 Å². The molecule has 4 rings (SSSR count). The third kappa shape index (κ3) is 4.33. The number of benzene rings is 2. The number of thioether (sulfide) groups is 1. The summed E-state index contributed by atoms with van der Waals surface area (Å²) in [4.78, 5) is 11.4. The number of carboxylic acid groups (broad SMARTS) is 1. The second-order valence-corrected chi connectivity index (χ2v) is 9.67. The Balaban J connectivity index is 0.00000225. The minimum atomic E-state index is -1.13. The van der Waals surface area contributed by atoms with E-state index in [0.717, 1.165) is 17.3 Å². The molecular weight excluding hydrogens is 449 g/mol. The predicted octanol–water partition coefficient (Wildman–Crippen LogP) is 0.744. The van der Waals surface area contributed by atoms with Gasteiger partial charge in [0.15, 0.2) is 5.16 Å². The van der Waals surface area contributed by atoms with E-state index in [-0.39, 0.29) is 29.6 Å². The van der Waals surface area contributed by atoms with Crippen LogP contribution in [0.25, 0.3) is 10.8 Å². The van der Waals surface area contributed by atoms with Crippen LogP contribution in [0.3, 0.4) is 0 Å². The first-order chi connectivity index (χ1) is 12.9. The molecule has 1 fully saturated rings. The number of nitrogens with zero attached hydrogens (tertiary/aromatic N) is 3. The fourth-order valence-corrected chi connectivity index (χ4v) is 4.57. The fourth-order valence-electron chi connectivity index (χ4n) is 3.19. The van der Waals surface area contributed by atoms with Crippen LogP contribution < -0.4 is 34.7 Å². The van der Waals surface area contributed by atoms with E-state index in [1.165, 1.54) is 29.2 Å². The maximum absolute atomic E-state index is 11.4. The van der Waals surface area contributed by atoms with Gasteiger partial charge in [-0.3, -0.25) is 4.57 Å². The van der Waals surface area contributed by atoms with Crippen molar-refractivity contribution in [3.8, 4) is 0 Å². The molecule has 1 saturated carbocycles. The number of hydrogen-bond acceptors (Lipinski definition) is 5. The van der Waals surface area contributed by atoms with E-state index in [9.17, 15) is 9.90 Å². The van der Waals surface area contributed by atoms with Crippen molar-refractivity contribution in [2.75, 3.05) is 0 Å². The fraction of sp³-hybridized carbons (Fsp3) is 0.350. The number of carboxylic acids is 1. The molecule has 3 aromatic rings. The molecule has 1 aromatic heterocycles. The van der Waals surface area contributed by atoms with Crippen molar-refractivity contribution in [1.82, 2.24) is 14.8 Å². The van der Waals surface area contributed by atoms with Gasteiger partial charge in [0.2, 0.25) is 4.73 Å². The van der Waals surface area contributed by atoms with E-state index in [4.69, 9.17) is 0 Å². The van der Waals surface area contributed by atoms with Crippen LogP contribution in [0.15, 0.2) is 46.3 Å². The average Bonchev–Trinajstić information content (AvgIpc) is 3.42. The summed E-state index contributed by atoms with van der Waals surface area (Å²) in [5.41, 5.74) is 2.58. The summed E-state index contributed by atoms with van der Waals surface area (Å²) < 4.78 is 1.38. The predicted molar refractivity (Wildman–Crippen MR) is 108 cm³/mol. The third-order valence-electron chi connectivity index (χ3n) is 4.90. The van der Waals surface area contributed by atoms with Crippen LogP contribution in [0.4, 0.5) is 0 Å². The van der Waals surface area contributed by atoms with Crippen molar-refractivity contribution in [2.45, 2.75) is 49.1 Å². The standard InChI is InChI=1S/C20H20BrN3O2S.Na/c1-20(2,17(25)26)27-19-23-22-18(21)24(19)11-13-9-10-15(12-7-8-12)16-6-4-3-5-14(13)16;/h3-6,9-10,12H,7-8,11H2,1-2H3,(H,25,26);/q;+1/p-1. The number of fused-ring (bicyclic) bond motifs is 1. The average molecular weight is 468 g/mol. The molecule has 28 heavy (non-hydrogen) atoms. The van der Waals surface area contributed by atoms with Crippen molar-refractivity contribution in [3.05, 3.63) is 52.3 Å². The van der Waals surface area contributed by atoms with E-state index >= 15 is 0 Å². The molecule has 1 heterocycles. The van der Waals surface area contributed by atoms with E-state index in [1.54, 1.807) is 13.8 Å². The Morgan fingerprint density at radius 2 is 1.89 bits per heavy atom. The van der Waals surface area contributed by atoms with Gasteiger partial charge >= 0.3 is 29.6 Å². The van der Waals surface area contributed by atoms with Gasteiger partial charge in [-0.05, 0) is 70.4 Å². The van der Waals surface area contributed by atoms with Gasteiger partial charge in [0.05, 0.1) is 17.3 Å². The maximum atomic E-state index is 11.4. The van der Waals surface area contributed by atoms with Gasteiger partial charge in [-0.1, -0.05) is 48.2 Å². The topological polar surface area (TPSA) is 70.8 Å². The number of halogens is 1. The van der Waals surface area contributed by atoms with E-state index in [0.29, 0.717) is 22.4 Å². The molecule has 0 bridgehead atoms. The summed E-state index contributed by atoms with van der Waals surface area (Å²) in [5.74, 6) is -0.446. The first-order valence-corrected chi connectivity index (χ1v) is 10.5. The Morgan fingerprint density at radius 1 is 1.21 bits per heavy atom. The van der Waals surface area contributed by atoms with Crippen molar-refractivity contribution in [1.29, 1.82) is 0 Å². The quantitative estimate of drug-likeness (QED) is 0.395. The molecule has 0 atom stereocenters. The molecule has 1 aliphatic rings. The number of carbonyl (C=O) groups is 1. The van der Waals surface area contributed by atoms with Gasteiger partial charge in [-0.25, -0.2) is 0 Å². The molecule has 0 unspecified atom stereocenters. The number of aliphatic carboxylic acids is 1. The van der Waals surface area contributed by atoms with Gasteiger partial charge < -0.3 is 9.90 Å². The molecule has 0 radical (unpaired) electrons. The normalized spacial score (nSPS) is 14.1. The second-order valence-electron chi connectivity index (χ2n) is 7.37. The summed E-state index contributed by atoms with van der Waals surface area (Å²) in [6.07, 6.45) is 2.53. The Hall–Kier alpha value is -0.860. The molecular formula is C20H19BrN3NaO2S. The number of aromatic nitrogens is 3. The first kappa shape index (κ1) is 21.8. The SMILES string of the molecule is CC(C)(Sc1nnc(Br)n1Cc1ccc(C2CC2)c2ccccc12)C(=O)[O-].[Na+]. The number of rotatable bonds is 6. The van der Waals surface area contributed by atoms with Gasteiger partial charge in [0.1, 0.15) is 0 Å². The summed E-state index contributed by atoms with van der Waals surface area (Å²) in [6, 6.07) is 12.9. The molecule has 0 amide bonds. The van der Waals surface area contributed by atoms with Gasteiger partial charge in [0.25, 0.3) is 0 Å². The van der Waals surface area contributed by atoms with Crippen LogP contribution in [0.5, 0.6) is 0 Å². The molecule has 0 aliphatic heterocycles. The van der Waals surface area contributed by atoms with Crippen LogP contribution in [0, 0.1) is 0 Å². The van der Waals surface area contributed by atoms with Gasteiger partial charge in [0, 0.05) is 0 Å². The zero-order valence-corrected chi connectivity index (χ0v) is 20.5. The van der Waals surface area contributed by atoms with Crippen LogP contribution >= 0.6 is 27.7 Å². The molecule has 0 spiro atoms. The molecule has 5 nitrogen and oxygen atoms in total. The molecule has 1 aliphatic carbocycles. The Morgan fingerprint density at radius 3 is 2.54 bits per heavy atom. The van der Waals surface area contributed by atoms with Gasteiger partial charge in [-0.2, -0.15) is 0 Å². The zero-order chi connectivity index (χ0) is 19.2. The second kappa shape index (κ2) is 8.48. The smallest absolute Gasteiger partial charge is 0.549 e. The molecule has 8 heteroatoms. The van der Waals surface area contributed by atoms with Crippen LogP contribution in [0.2, 0.25) is 0 Å². The van der Waals surface area contributed by atoms with Crippen molar-refractivity contribution < 1.29 is 39.5 Å². The zero-order valence-electron chi connectivity index (χ0n) is 16.1. The largest absolute Gasteiger partial charge is 1.00 e. The summed E-state index contributed by atoms with van der Waals surface area (Å²) in [6.45, 7) is 3.78. The minimum Gasteiger partial charge on any atom is -0.549 e. The Labute approximate surface area is 198 Å². The number of carbonyl (C=O) groups excluding carboxylic acids is 1. The van der Waals surface area contributed by atoms with Crippen LogP contribution in [-0.2, 0) is 11.3 Å². The molecule has 140 valence electrons. The van der Waals surface area contributed by atoms with Crippen LogP contribution in [-0.4, -0.2) is 25.5 Å². The van der Waals surface area contributed by atoms with Crippen molar-refractivity contribution in [3.63, 3.8) is 0 Å². The van der Waals surface area contributed by atoms with Crippen molar-refractivity contribution in [2.24, 2.45) is 0 Å². The summed E-state index contributed by atoms with van der Waals surface area (Å²) >= 11 is 4.59. The summed E-state index contributed by atoms with van der Waals surface area (Å²) in [5, 5.41) is 22.7. The molecule has 2 aromatic carbocycles. The molecule has 0 saturated heterocycles. The number of hydrogen-bond donors (Lipinski definition) is 0. The molecule has 0 N–H and O–H groups in total.